The number of carboxylic acid groups (broad SMARTS) is 1. The second-order valence-electron chi connectivity index (χ2n) is 3.77. The average Bonchev–Trinajstić information content (AvgIpc) is 2.61. The van der Waals surface area contributed by atoms with Crippen LogP contribution in [0.1, 0.15) is 25.6 Å². The minimum absolute atomic E-state index is 0.298. The van der Waals surface area contributed by atoms with E-state index >= 15 is 0 Å². The van der Waals surface area contributed by atoms with Crippen LogP contribution < -0.4 is 5.32 Å². The molecule has 0 aliphatic rings. The van der Waals surface area contributed by atoms with Crippen LogP contribution in [0.15, 0.2) is 12.4 Å². The molecule has 15 heavy (non-hydrogen) atoms. The average molecular weight is 211 g/mol. The van der Waals surface area contributed by atoms with Gasteiger partial charge in [-0.1, -0.05) is 13.8 Å². The zero-order valence-electron chi connectivity index (χ0n) is 9.27. The molecule has 0 aliphatic heterocycles. The van der Waals surface area contributed by atoms with E-state index in [1.807, 2.05) is 24.6 Å². The molecule has 1 aromatic heterocycles. The van der Waals surface area contributed by atoms with Gasteiger partial charge in [-0.3, -0.25) is 4.79 Å². The first kappa shape index (κ1) is 11.7. The van der Waals surface area contributed by atoms with Gasteiger partial charge in [0.05, 0.1) is 0 Å². The van der Waals surface area contributed by atoms with E-state index in [-0.39, 0.29) is 0 Å². The molecule has 0 aliphatic carbocycles. The third-order valence-corrected chi connectivity index (χ3v) is 2.29. The molecule has 1 aromatic rings. The second kappa shape index (κ2) is 4.93. The Morgan fingerprint density at radius 1 is 1.67 bits per heavy atom. The molecule has 0 spiro atoms. The number of hydrogen-bond donors (Lipinski definition) is 2. The van der Waals surface area contributed by atoms with Gasteiger partial charge < -0.3 is 15.0 Å². The molecule has 5 nitrogen and oxygen atoms in total. The summed E-state index contributed by atoms with van der Waals surface area (Å²) in [5, 5.41) is 11.7. The molecule has 0 aromatic carbocycles. The van der Waals surface area contributed by atoms with E-state index < -0.39 is 12.0 Å². The maximum Gasteiger partial charge on any atom is 0.322 e. The highest BCUT2D eigenvalue weighted by molar-refractivity contribution is 5.73. The monoisotopic (exact) mass is 211 g/mol. The standard InChI is InChI=1S/C10H17N3O2/c1-7(2)9-12-4-5-13(9)6-8(11-3)10(14)15/h4-5,7-8,11H,6H2,1-3H3,(H,14,15). The fourth-order valence-electron chi connectivity index (χ4n) is 1.47. The highest BCUT2D eigenvalue weighted by atomic mass is 16.4. The number of hydrogen-bond acceptors (Lipinski definition) is 3. The van der Waals surface area contributed by atoms with Crippen molar-refractivity contribution in [2.45, 2.75) is 32.4 Å². The normalized spacial score (nSPS) is 13.1. The highest BCUT2D eigenvalue weighted by Gasteiger charge is 2.17. The maximum atomic E-state index is 10.8. The Balaban J connectivity index is 2.79. The van der Waals surface area contributed by atoms with Crippen LogP contribution >= 0.6 is 0 Å². The molecule has 1 heterocycles. The van der Waals surface area contributed by atoms with Gasteiger partial charge in [-0.05, 0) is 7.05 Å². The first-order valence-electron chi connectivity index (χ1n) is 4.97. The van der Waals surface area contributed by atoms with Crippen LogP contribution in [-0.4, -0.2) is 33.7 Å². The Morgan fingerprint density at radius 3 is 2.80 bits per heavy atom. The van der Waals surface area contributed by atoms with Crippen LogP contribution in [0.2, 0.25) is 0 Å². The van der Waals surface area contributed by atoms with E-state index in [1.54, 1.807) is 13.2 Å². The Bertz CT molecular complexity index is 333. The first-order valence-corrected chi connectivity index (χ1v) is 4.97. The van der Waals surface area contributed by atoms with Gasteiger partial charge in [-0.15, -0.1) is 0 Å². The Morgan fingerprint density at radius 2 is 2.33 bits per heavy atom. The van der Waals surface area contributed by atoms with Crippen molar-refractivity contribution in [3.8, 4) is 0 Å². The molecule has 1 rings (SSSR count). The topological polar surface area (TPSA) is 67.2 Å². The number of imidazole rings is 1. The van der Waals surface area contributed by atoms with Crippen molar-refractivity contribution in [1.82, 2.24) is 14.9 Å². The first-order chi connectivity index (χ1) is 7.06. The lowest BCUT2D eigenvalue weighted by molar-refractivity contribution is -0.139. The van der Waals surface area contributed by atoms with E-state index in [9.17, 15) is 4.79 Å². The molecule has 1 atom stereocenters. The predicted molar refractivity (Wildman–Crippen MR) is 56.8 cm³/mol. The van der Waals surface area contributed by atoms with Gasteiger partial charge in [0, 0.05) is 24.9 Å². The van der Waals surface area contributed by atoms with Gasteiger partial charge in [0.2, 0.25) is 0 Å². The zero-order valence-corrected chi connectivity index (χ0v) is 9.27. The Hall–Kier alpha value is -1.36. The third-order valence-electron chi connectivity index (χ3n) is 2.29. The van der Waals surface area contributed by atoms with Crippen LogP contribution in [0.25, 0.3) is 0 Å². The fraction of sp³-hybridized carbons (Fsp3) is 0.600. The van der Waals surface area contributed by atoms with E-state index in [4.69, 9.17) is 5.11 Å². The van der Waals surface area contributed by atoms with Crippen molar-refractivity contribution < 1.29 is 9.90 Å². The maximum absolute atomic E-state index is 10.8. The summed E-state index contributed by atoms with van der Waals surface area (Å²) in [5.74, 6) is 0.365. The number of nitrogens with zero attached hydrogens (tertiary/aromatic N) is 2. The van der Waals surface area contributed by atoms with Crippen LogP contribution in [0.5, 0.6) is 0 Å². The minimum Gasteiger partial charge on any atom is -0.480 e. The van der Waals surface area contributed by atoms with Crippen LogP contribution in [0, 0.1) is 0 Å². The summed E-state index contributed by atoms with van der Waals surface area (Å²) < 4.78 is 1.87. The van der Waals surface area contributed by atoms with Gasteiger partial charge in [0.25, 0.3) is 0 Å². The lowest BCUT2D eigenvalue weighted by Gasteiger charge is -2.15. The van der Waals surface area contributed by atoms with Crippen LogP contribution in [0.4, 0.5) is 0 Å². The second-order valence-corrected chi connectivity index (χ2v) is 3.77. The van der Waals surface area contributed by atoms with Crippen molar-refractivity contribution in [2.75, 3.05) is 7.05 Å². The molecule has 0 fully saturated rings. The summed E-state index contributed by atoms with van der Waals surface area (Å²) in [6.07, 6.45) is 3.51. The van der Waals surface area contributed by atoms with E-state index in [1.165, 1.54) is 0 Å². The lowest BCUT2D eigenvalue weighted by Crippen LogP contribution is -2.38. The molecule has 84 valence electrons. The molecule has 0 saturated carbocycles. The lowest BCUT2D eigenvalue weighted by atomic mass is 10.2. The molecular formula is C10H17N3O2. The fourth-order valence-corrected chi connectivity index (χ4v) is 1.47. The van der Waals surface area contributed by atoms with Crippen molar-refractivity contribution >= 4 is 5.97 Å². The summed E-state index contributed by atoms with van der Waals surface area (Å²) in [6.45, 7) is 4.47. The number of aromatic nitrogens is 2. The predicted octanol–water partition coefficient (Wildman–Crippen LogP) is 0.679. The molecule has 0 saturated heterocycles. The smallest absolute Gasteiger partial charge is 0.322 e. The van der Waals surface area contributed by atoms with Gasteiger partial charge >= 0.3 is 5.97 Å². The number of rotatable bonds is 5. The Kier molecular flexibility index (Phi) is 3.85. The van der Waals surface area contributed by atoms with Crippen molar-refractivity contribution in [3.63, 3.8) is 0 Å². The van der Waals surface area contributed by atoms with E-state index in [2.05, 4.69) is 10.3 Å². The number of aliphatic carboxylic acids is 1. The molecule has 1 unspecified atom stereocenters. The van der Waals surface area contributed by atoms with Crippen molar-refractivity contribution in [3.05, 3.63) is 18.2 Å². The molecular weight excluding hydrogens is 194 g/mol. The van der Waals surface area contributed by atoms with Crippen molar-refractivity contribution in [2.24, 2.45) is 0 Å². The van der Waals surface area contributed by atoms with Crippen LogP contribution in [-0.2, 0) is 11.3 Å². The van der Waals surface area contributed by atoms with Gasteiger partial charge in [-0.25, -0.2) is 4.98 Å². The van der Waals surface area contributed by atoms with Crippen molar-refractivity contribution in [1.29, 1.82) is 0 Å². The SMILES string of the molecule is CNC(Cn1ccnc1C(C)C)C(=O)O. The molecule has 0 radical (unpaired) electrons. The van der Waals surface area contributed by atoms with E-state index in [0.717, 1.165) is 5.82 Å². The summed E-state index contributed by atoms with van der Waals surface area (Å²) in [4.78, 5) is 15.0. The molecule has 2 N–H and O–H groups in total. The number of carbonyl (C=O) groups is 1. The summed E-state index contributed by atoms with van der Waals surface area (Å²) in [5.41, 5.74) is 0. The molecule has 0 bridgehead atoms. The summed E-state index contributed by atoms with van der Waals surface area (Å²) >= 11 is 0. The molecule has 5 heteroatoms. The molecule has 0 amide bonds. The van der Waals surface area contributed by atoms with E-state index in [0.29, 0.717) is 12.5 Å². The zero-order chi connectivity index (χ0) is 11.4. The summed E-state index contributed by atoms with van der Waals surface area (Å²) in [7, 11) is 1.64. The Labute approximate surface area is 89.1 Å². The largest absolute Gasteiger partial charge is 0.480 e. The van der Waals surface area contributed by atoms with Gasteiger partial charge in [-0.2, -0.15) is 0 Å². The third kappa shape index (κ3) is 2.79. The number of likely N-dealkylation sites (N-methyl/N-ethyl adjacent to an activating group) is 1. The summed E-state index contributed by atoms with van der Waals surface area (Å²) in [6, 6.07) is -0.572. The quantitative estimate of drug-likeness (QED) is 0.751. The minimum atomic E-state index is -0.846. The van der Waals surface area contributed by atoms with Gasteiger partial charge in [0.15, 0.2) is 0 Å². The van der Waals surface area contributed by atoms with Crippen LogP contribution in [0.3, 0.4) is 0 Å². The highest BCUT2D eigenvalue weighted by Crippen LogP contribution is 2.11. The van der Waals surface area contributed by atoms with Gasteiger partial charge in [0.1, 0.15) is 11.9 Å². The number of carboxylic acids is 1. The number of nitrogens with one attached hydrogen (secondary N) is 1.